The summed E-state index contributed by atoms with van der Waals surface area (Å²) in [5, 5.41) is 6.84. The summed E-state index contributed by atoms with van der Waals surface area (Å²) in [6.07, 6.45) is 2.52. The van der Waals surface area contributed by atoms with Gasteiger partial charge in [-0.15, -0.1) is 35.3 Å². The zero-order chi connectivity index (χ0) is 15.8. The molecule has 1 fully saturated rings. The number of thiophene rings is 1. The molecule has 2 heterocycles. The van der Waals surface area contributed by atoms with Crippen molar-refractivity contribution in [1.29, 1.82) is 0 Å². The van der Waals surface area contributed by atoms with Crippen LogP contribution in [-0.2, 0) is 11.3 Å². The summed E-state index contributed by atoms with van der Waals surface area (Å²) < 4.78 is 5.19. The van der Waals surface area contributed by atoms with E-state index in [9.17, 15) is 0 Å². The lowest BCUT2D eigenvalue weighted by atomic mass is 10.2. The van der Waals surface area contributed by atoms with Gasteiger partial charge < -0.3 is 15.4 Å². The van der Waals surface area contributed by atoms with Gasteiger partial charge in [0.1, 0.15) is 0 Å². The topological polar surface area (TPSA) is 48.9 Å². The molecule has 1 aliphatic heterocycles. The third-order valence-corrected chi connectivity index (χ3v) is 5.04. The van der Waals surface area contributed by atoms with E-state index in [1.165, 1.54) is 29.1 Å². The van der Waals surface area contributed by atoms with E-state index in [0.29, 0.717) is 6.04 Å². The number of hydrogen-bond donors (Lipinski definition) is 2. The summed E-state index contributed by atoms with van der Waals surface area (Å²) in [5.74, 6) is 0.879. The van der Waals surface area contributed by atoms with Gasteiger partial charge in [0.15, 0.2) is 5.96 Å². The van der Waals surface area contributed by atoms with Gasteiger partial charge in [-0.2, -0.15) is 0 Å². The van der Waals surface area contributed by atoms with Crippen molar-refractivity contribution in [3.63, 3.8) is 0 Å². The molecular formula is C16H29IN4OS. The molecule has 2 N–H and O–H groups in total. The van der Waals surface area contributed by atoms with Gasteiger partial charge in [0, 0.05) is 43.0 Å². The van der Waals surface area contributed by atoms with E-state index in [2.05, 4.69) is 39.6 Å². The first kappa shape index (κ1) is 20.7. The number of aliphatic imine (C=N–C) groups is 1. The molecule has 0 aromatic carbocycles. The highest BCUT2D eigenvalue weighted by molar-refractivity contribution is 14.0. The fourth-order valence-corrected chi connectivity index (χ4v) is 3.65. The predicted octanol–water partition coefficient (Wildman–Crippen LogP) is 2.45. The lowest BCUT2D eigenvalue weighted by Gasteiger charge is -2.25. The number of nitrogens with one attached hydrogen (secondary N) is 2. The van der Waals surface area contributed by atoms with Crippen LogP contribution >= 0.6 is 35.3 Å². The minimum absolute atomic E-state index is 0. The normalized spacial score (nSPS) is 18.7. The molecule has 7 heteroatoms. The molecule has 0 amide bonds. The SMILES string of the molecule is CN=C(NCc1ccc(C)s1)NCC1CCCN1CCOC.I. The smallest absolute Gasteiger partial charge is 0.191 e. The van der Waals surface area contributed by atoms with E-state index in [1.54, 1.807) is 7.11 Å². The quantitative estimate of drug-likeness (QED) is 0.379. The van der Waals surface area contributed by atoms with E-state index in [-0.39, 0.29) is 24.0 Å². The average molecular weight is 452 g/mol. The maximum atomic E-state index is 5.19. The van der Waals surface area contributed by atoms with Crippen LogP contribution in [0.1, 0.15) is 22.6 Å². The average Bonchev–Trinajstić information content (AvgIpc) is 3.14. The molecular weight excluding hydrogens is 423 g/mol. The maximum Gasteiger partial charge on any atom is 0.191 e. The van der Waals surface area contributed by atoms with Crippen LogP contribution in [0, 0.1) is 6.92 Å². The third kappa shape index (κ3) is 6.94. The zero-order valence-corrected chi connectivity index (χ0v) is 17.4. The van der Waals surface area contributed by atoms with E-state index in [0.717, 1.165) is 32.2 Å². The Hall–Kier alpha value is -0.380. The van der Waals surface area contributed by atoms with Gasteiger partial charge >= 0.3 is 0 Å². The first-order valence-corrected chi connectivity index (χ1v) is 8.77. The summed E-state index contributed by atoms with van der Waals surface area (Å²) >= 11 is 1.83. The van der Waals surface area contributed by atoms with E-state index in [1.807, 2.05) is 18.4 Å². The fourth-order valence-electron chi connectivity index (χ4n) is 2.82. The van der Waals surface area contributed by atoms with Gasteiger partial charge in [-0.1, -0.05) is 0 Å². The maximum absolute atomic E-state index is 5.19. The Balaban J connectivity index is 0.00000264. The first-order valence-electron chi connectivity index (χ1n) is 7.95. The highest BCUT2D eigenvalue weighted by atomic mass is 127. The summed E-state index contributed by atoms with van der Waals surface area (Å²) in [4.78, 5) is 9.50. The Kier molecular flexibility index (Phi) is 10.1. The van der Waals surface area contributed by atoms with Gasteiger partial charge in [0.05, 0.1) is 13.2 Å². The molecule has 23 heavy (non-hydrogen) atoms. The molecule has 1 aliphatic rings. The number of hydrogen-bond acceptors (Lipinski definition) is 4. The molecule has 1 unspecified atom stereocenters. The van der Waals surface area contributed by atoms with Crippen LogP contribution in [0.25, 0.3) is 0 Å². The van der Waals surface area contributed by atoms with Crippen molar-refractivity contribution in [1.82, 2.24) is 15.5 Å². The molecule has 0 bridgehead atoms. The van der Waals surface area contributed by atoms with Gasteiger partial charge in [0.2, 0.25) is 0 Å². The van der Waals surface area contributed by atoms with Crippen molar-refractivity contribution in [3.8, 4) is 0 Å². The number of rotatable bonds is 7. The Morgan fingerprint density at radius 1 is 1.43 bits per heavy atom. The molecule has 1 aromatic rings. The van der Waals surface area contributed by atoms with Crippen LogP contribution in [0.15, 0.2) is 17.1 Å². The second-order valence-corrected chi connectivity index (χ2v) is 7.02. The van der Waals surface area contributed by atoms with Crippen molar-refractivity contribution in [2.45, 2.75) is 32.4 Å². The Morgan fingerprint density at radius 2 is 2.26 bits per heavy atom. The fraction of sp³-hybridized carbons (Fsp3) is 0.688. The number of halogens is 1. The largest absolute Gasteiger partial charge is 0.383 e. The van der Waals surface area contributed by atoms with Crippen LogP contribution in [0.3, 0.4) is 0 Å². The zero-order valence-electron chi connectivity index (χ0n) is 14.3. The molecule has 0 spiro atoms. The van der Waals surface area contributed by atoms with Gasteiger partial charge in [0.25, 0.3) is 0 Å². The predicted molar refractivity (Wildman–Crippen MR) is 109 cm³/mol. The van der Waals surface area contributed by atoms with Gasteiger partial charge in [-0.25, -0.2) is 0 Å². The van der Waals surface area contributed by atoms with Crippen LogP contribution in [0.4, 0.5) is 0 Å². The van der Waals surface area contributed by atoms with Crippen molar-refractivity contribution < 1.29 is 4.74 Å². The molecule has 2 rings (SSSR count). The molecule has 132 valence electrons. The number of nitrogens with zero attached hydrogens (tertiary/aromatic N) is 2. The Morgan fingerprint density at radius 3 is 2.91 bits per heavy atom. The minimum Gasteiger partial charge on any atom is -0.383 e. The molecule has 1 atom stereocenters. The minimum atomic E-state index is 0. The van der Waals surface area contributed by atoms with E-state index in [4.69, 9.17) is 4.74 Å². The second-order valence-electron chi connectivity index (χ2n) is 5.64. The highest BCUT2D eigenvalue weighted by Gasteiger charge is 2.23. The summed E-state index contributed by atoms with van der Waals surface area (Å²) in [6, 6.07) is 4.91. The number of likely N-dealkylation sites (tertiary alicyclic amines) is 1. The van der Waals surface area contributed by atoms with Crippen LogP contribution in [0.2, 0.25) is 0 Å². The van der Waals surface area contributed by atoms with Crippen molar-refractivity contribution in [3.05, 3.63) is 21.9 Å². The number of methoxy groups -OCH3 is 1. The number of guanidine groups is 1. The highest BCUT2D eigenvalue weighted by Crippen LogP contribution is 2.16. The van der Waals surface area contributed by atoms with Crippen molar-refractivity contribution in [2.24, 2.45) is 4.99 Å². The van der Waals surface area contributed by atoms with Gasteiger partial charge in [-0.3, -0.25) is 9.89 Å². The number of aryl methyl sites for hydroxylation is 1. The lowest BCUT2D eigenvalue weighted by Crippen LogP contribution is -2.45. The van der Waals surface area contributed by atoms with E-state index >= 15 is 0 Å². The molecule has 5 nitrogen and oxygen atoms in total. The lowest BCUT2D eigenvalue weighted by molar-refractivity contribution is 0.141. The molecule has 1 saturated heterocycles. The van der Waals surface area contributed by atoms with Crippen molar-refractivity contribution in [2.75, 3.05) is 40.4 Å². The van der Waals surface area contributed by atoms with Crippen LogP contribution < -0.4 is 10.6 Å². The van der Waals surface area contributed by atoms with Crippen LogP contribution in [-0.4, -0.2) is 57.3 Å². The number of ether oxygens (including phenoxy) is 1. The summed E-state index contributed by atoms with van der Waals surface area (Å²) in [6.45, 7) is 6.90. The summed E-state index contributed by atoms with van der Waals surface area (Å²) in [5.41, 5.74) is 0. The molecule has 0 radical (unpaired) electrons. The molecule has 0 saturated carbocycles. The molecule has 1 aromatic heterocycles. The first-order chi connectivity index (χ1) is 10.7. The third-order valence-electron chi connectivity index (χ3n) is 4.04. The molecule has 0 aliphatic carbocycles. The standard InChI is InChI=1S/C16H28N4OS.HI/c1-13-6-7-15(22-13)12-19-16(17-2)18-11-14-5-4-8-20(14)9-10-21-3;/h6-7,14H,4-5,8-12H2,1-3H3,(H2,17,18,19);1H. The second kappa shape index (κ2) is 11.2. The van der Waals surface area contributed by atoms with Crippen LogP contribution in [0.5, 0.6) is 0 Å². The van der Waals surface area contributed by atoms with E-state index < -0.39 is 0 Å². The summed E-state index contributed by atoms with van der Waals surface area (Å²) in [7, 11) is 3.59. The monoisotopic (exact) mass is 452 g/mol. The Bertz CT molecular complexity index is 480. The van der Waals surface area contributed by atoms with Gasteiger partial charge in [-0.05, 0) is 38.4 Å². The van der Waals surface area contributed by atoms with Crippen molar-refractivity contribution >= 4 is 41.3 Å². The Labute approximate surface area is 160 Å².